The van der Waals surface area contributed by atoms with Crippen LogP contribution in [0, 0.1) is 11.8 Å². The van der Waals surface area contributed by atoms with Gasteiger partial charge >= 0.3 is 23.9 Å². The molecule has 0 amide bonds. The zero-order valence-corrected chi connectivity index (χ0v) is 29.8. The number of hydrogen-bond acceptors (Lipinski definition) is 13. The molecule has 0 aromatic rings. The molecule has 13 heteroatoms. The van der Waals surface area contributed by atoms with E-state index in [1.54, 1.807) is 6.08 Å². The van der Waals surface area contributed by atoms with Crippen molar-refractivity contribution in [2.75, 3.05) is 0 Å². The van der Waals surface area contributed by atoms with E-state index in [0.29, 0.717) is 12.2 Å². The van der Waals surface area contributed by atoms with E-state index in [9.17, 15) is 34.2 Å². The molecular weight excluding hydrogens is 616 g/mol. The Bertz CT molecular complexity index is 1210. The molecule has 2 heterocycles. The highest BCUT2D eigenvalue weighted by Gasteiger charge is 2.86. The van der Waals surface area contributed by atoms with Crippen LogP contribution in [0.15, 0.2) is 12.2 Å². The largest absolute Gasteiger partial charge is 0.458 e. The Morgan fingerprint density at radius 1 is 0.894 bits per heavy atom. The zero-order valence-electron chi connectivity index (χ0n) is 29.8. The summed E-state index contributed by atoms with van der Waals surface area (Å²) in [6, 6.07) is 0. The van der Waals surface area contributed by atoms with Gasteiger partial charge in [-0.05, 0) is 80.6 Å². The summed E-state index contributed by atoms with van der Waals surface area (Å²) in [6.07, 6.45) is -2.71. The molecule has 13 nitrogen and oxygen atoms in total. The van der Waals surface area contributed by atoms with Crippen LogP contribution in [-0.2, 0) is 52.4 Å². The van der Waals surface area contributed by atoms with E-state index < -0.39 is 82.4 Å². The molecule has 47 heavy (non-hydrogen) atoms. The first-order valence-electron chi connectivity index (χ1n) is 16.1. The van der Waals surface area contributed by atoms with Gasteiger partial charge in [-0.25, -0.2) is 19.2 Å². The number of rotatable bonds is 12. The Morgan fingerprint density at radius 2 is 1.43 bits per heavy atom. The van der Waals surface area contributed by atoms with Crippen molar-refractivity contribution in [2.24, 2.45) is 11.8 Å². The monoisotopic (exact) mass is 670 g/mol. The van der Waals surface area contributed by atoms with Crippen molar-refractivity contribution in [3.05, 3.63) is 12.2 Å². The summed E-state index contributed by atoms with van der Waals surface area (Å²) in [5.74, 6) is -7.55. The van der Waals surface area contributed by atoms with E-state index in [4.69, 9.17) is 28.4 Å². The summed E-state index contributed by atoms with van der Waals surface area (Å²) in [5.41, 5.74) is -10.4. The van der Waals surface area contributed by atoms with Crippen LogP contribution in [0.1, 0.15) is 109 Å². The number of allylic oxidation sites excluding steroid dienone is 1. The van der Waals surface area contributed by atoms with Crippen molar-refractivity contribution >= 4 is 30.2 Å². The van der Waals surface area contributed by atoms with Gasteiger partial charge in [0.05, 0.1) is 0 Å². The topological polar surface area (TPSA) is 181 Å². The lowest BCUT2D eigenvalue weighted by molar-refractivity contribution is -0.378. The summed E-state index contributed by atoms with van der Waals surface area (Å²) < 4.78 is 34.4. The molecular formula is C34H54O13. The van der Waals surface area contributed by atoms with Gasteiger partial charge in [-0.15, -0.1) is 0 Å². The molecule has 0 aromatic carbocycles. The highest BCUT2D eigenvalue weighted by Crippen LogP contribution is 2.57. The molecule has 0 aromatic heterocycles. The second kappa shape index (κ2) is 14.3. The second-order valence-corrected chi connectivity index (χ2v) is 15.5. The molecule has 268 valence electrons. The Morgan fingerprint density at radius 3 is 1.91 bits per heavy atom. The van der Waals surface area contributed by atoms with Gasteiger partial charge in [-0.1, -0.05) is 33.3 Å². The quantitative estimate of drug-likeness (QED) is 0.133. The molecule has 0 unspecified atom stereocenters. The number of carbonyl (C=O) groups is 5. The fourth-order valence-corrected chi connectivity index (χ4v) is 5.52. The number of esters is 4. The maximum Gasteiger partial charge on any atom is 0.347 e. The van der Waals surface area contributed by atoms with Gasteiger partial charge < -0.3 is 43.4 Å². The van der Waals surface area contributed by atoms with Crippen LogP contribution in [0.5, 0.6) is 0 Å². The minimum absolute atomic E-state index is 0.0567. The molecule has 0 aliphatic carbocycles. The van der Waals surface area contributed by atoms with E-state index in [0.717, 1.165) is 18.9 Å². The van der Waals surface area contributed by atoms with Crippen LogP contribution in [0.4, 0.5) is 0 Å². The van der Waals surface area contributed by atoms with Gasteiger partial charge in [-0.3, -0.25) is 0 Å². The number of aldehydes is 1. The molecule has 2 fully saturated rings. The average molecular weight is 671 g/mol. The predicted octanol–water partition coefficient (Wildman–Crippen LogP) is 3.49. The molecule has 2 aliphatic heterocycles. The Hall–Kier alpha value is -2.87. The highest BCUT2D eigenvalue weighted by molar-refractivity contribution is 6.00. The molecule has 2 aliphatic rings. The van der Waals surface area contributed by atoms with Crippen LogP contribution in [0.25, 0.3) is 0 Å². The molecule has 0 spiro atoms. The van der Waals surface area contributed by atoms with Gasteiger partial charge in [0.1, 0.15) is 29.2 Å². The number of aliphatic hydroxyl groups is 2. The summed E-state index contributed by atoms with van der Waals surface area (Å²) in [7, 11) is 0. The molecule has 2 rings (SSSR count). The summed E-state index contributed by atoms with van der Waals surface area (Å²) in [6.45, 7) is 19.5. The number of hydrogen-bond donors (Lipinski definition) is 2. The Labute approximate surface area is 277 Å². The summed E-state index contributed by atoms with van der Waals surface area (Å²) in [4.78, 5) is 67.2. The first kappa shape index (κ1) is 40.3. The van der Waals surface area contributed by atoms with E-state index in [1.807, 2.05) is 13.8 Å². The number of fused-ring (bicyclic) bond motifs is 2. The third kappa shape index (κ3) is 8.98. The lowest BCUT2D eigenvalue weighted by atomic mass is 9.74. The van der Waals surface area contributed by atoms with Crippen molar-refractivity contribution < 1.29 is 62.6 Å². The van der Waals surface area contributed by atoms with Gasteiger partial charge in [0.15, 0.2) is 6.10 Å². The minimum Gasteiger partial charge on any atom is -0.458 e. The summed E-state index contributed by atoms with van der Waals surface area (Å²) in [5, 5.41) is 24.4. The maximum absolute atomic E-state index is 14.4. The van der Waals surface area contributed by atoms with E-state index in [-0.39, 0.29) is 12.3 Å². The molecule has 2 N–H and O–H groups in total. The fourth-order valence-electron chi connectivity index (χ4n) is 5.52. The molecule has 2 saturated heterocycles. The van der Waals surface area contributed by atoms with Crippen LogP contribution >= 0.6 is 0 Å². The van der Waals surface area contributed by atoms with E-state index >= 15 is 0 Å². The van der Waals surface area contributed by atoms with Crippen LogP contribution in [0.3, 0.4) is 0 Å². The van der Waals surface area contributed by atoms with Crippen molar-refractivity contribution in [3.8, 4) is 0 Å². The standard InChI is InChI=1S/C34H54O13/c1-13-20(2)19-21(3)15-16-22(36)42-24-23(37)32(17-14-18-35)43-25(26(38)44-29(4,5)6)33(41,27(39)45-30(7,8)9)34(24,47-32)28(40)46-31(10,11)12/h15-16,18,20-21,23-25,37,41H,13-14,17,19H2,1-12H3/b16-15+/t20-,21+,23+,24+,25+,32-,33+,34-/m0/s1. The first-order valence-corrected chi connectivity index (χ1v) is 16.1. The minimum atomic E-state index is -3.47. The Kier molecular flexibility index (Phi) is 12.3. The lowest BCUT2D eigenvalue weighted by Gasteiger charge is -2.51. The number of aliphatic hydroxyl groups excluding tert-OH is 1. The SMILES string of the molecule is CC[C@H](C)C[C@H](C)/C=C/C(=O)O[C@@H]1[C@@H](O)[C@@]2(CCC=O)O[C@H](C(=O)OC(C)(C)C)[C@@](O)(C(=O)OC(C)(C)C)[C@]1(C(=O)OC(C)(C)C)O2. The van der Waals surface area contributed by atoms with Gasteiger partial charge in [0, 0.05) is 18.9 Å². The van der Waals surface area contributed by atoms with Gasteiger partial charge in [0.25, 0.3) is 5.60 Å². The fraction of sp³-hybridized carbons (Fsp3) is 0.794. The van der Waals surface area contributed by atoms with Gasteiger partial charge in [0.2, 0.25) is 17.5 Å². The third-order valence-corrected chi connectivity index (χ3v) is 7.65. The van der Waals surface area contributed by atoms with E-state index in [2.05, 4.69) is 6.92 Å². The van der Waals surface area contributed by atoms with Crippen molar-refractivity contribution in [3.63, 3.8) is 0 Å². The molecule has 0 saturated carbocycles. The normalized spacial score (nSPS) is 30.7. The molecule has 8 atom stereocenters. The highest BCUT2D eigenvalue weighted by atomic mass is 16.8. The molecule has 2 bridgehead atoms. The molecule has 0 radical (unpaired) electrons. The van der Waals surface area contributed by atoms with Crippen LogP contribution < -0.4 is 0 Å². The second-order valence-electron chi connectivity index (χ2n) is 15.5. The van der Waals surface area contributed by atoms with Gasteiger partial charge in [-0.2, -0.15) is 0 Å². The average Bonchev–Trinajstić information content (AvgIpc) is 3.11. The lowest BCUT2D eigenvalue weighted by Crippen LogP contribution is -2.79. The third-order valence-electron chi connectivity index (χ3n) is 7.65. The Balaban J connectivity index is 2.93. The smallest absolute Gasteiger partial charge is 0.347 e. The predicted molar refractivity (Wildman–Crippen MR) is 167 cm³/mol. The van der Waals surface area contributed by atoms with Crippen LogP contribution in [0.2, 0.25) is 0 Å². The van der Waals surface area contributed by atoms with Crippen molar-refractivity contribution in [2.45, 2.75) is 161 Å². The van der Waals surface area contributed by atoms with Crippen molar-refractivity contribution in [1.82, 2.24) is 0 Å². The first-order chi connectivity index (χ1) is 21.3. The number of ether oxygens (including phenoxy) is 6. The van der Waals surface area contributed by atoms with Crippen LogP contribution in [-0.4, -0.2) is 92.5 Å². The van der Waals surface area contributed by atoms with Crippen molar-refractivity contribution in [1.29, 1.82) is 0 Å². The zero-order chi connectivity index (χ0) is 36.4. The maximum atomic E-state index is 14.4. The van der Waals surface area contributed by atoms with E-state index in [1.165, 1.54) is 62.3 Å². The summed E-state index contributed by atoms with van der Waals surface area (Å²) >= 11 is 0. The number of carbonyl (C=O) groups excluding carboxylic acids is 5.